The molecule has 0 unspecified atom stereocenters. The van der Waals surface area contributed by atoms with E-state index in [1.54, 1.807) is 0 Å². The highest BCUT2D eigenvalue weighted by atomic mass is 14.8. The summed E-state index contributed by atoms with van der Waals surface area (Å²) in [5.41, 5.74) is 9.83. The lowest BCUT2D eigenvalue weighted by Gasteiger charge is -2.12. The van der Waals surface area contributed by atoms with Crippen molar-refractivity contribution in [3.63, 3.8) is 0 Å². The van der Waals surface area contributed by atoms with Gasteiger partial charge in [-0.1, -0.05) is 175 Å². The molecule has 0 N–H and O–H groups in total. The van der Waals surface area contributed by atoms with Crippen LogP contribution in [-0.4, -0.2) is 11.4 Å². The summed E-state index contributed by atoms with van der Waals surface area (Å²) in [6.45, 7) is 13.7. The number of rotatable bonds is 28. The molecule has 0 amide bonds. The van der Waals surface area contributed by atoms with Crippen LogP contribution in [0.2, 0.25) is 0 Å². The fraction of sp³-hybridized carbons (Fsp3) is 0.667. The molecule has 0 aromatic heterocycles. The van der Waals surface area contributed by atoms with Crippen molar-refractivity contribution in [2.45, 2.75) is 208 Å². The van der Waals surface area contributed by atoms with Crippen LogP contribution in [0.5, 0.6) is 0 Å². The Morgan fingerprint density at radius 3 is 1.34 bits per heavy atom. The second kappa shape index (κ2) is 29.0. The van der Waals surface area contributed by atoms with Gasteiger partial charge < -0.3 is 0 Å². The standard InChI is InChI=1S/C48H76N2/c1-7-13-15-16-17-18-19-20-21-22-23-24-25-26-28-34-48(50-46-38-36-42(30-10-4)44(40-46)32-12-6)47(33-27-14-8-2)49-45-37-35-41(29-9-3)43(39-45)31-11-5/h35-40H,7-27,29-33H2,1-6H3. The highest BCUT2D eigenvalue weighted by Crippen LogP contribution is 2.25. The Labute approximate surface area is 310 Å². The Kier molecular flexibility index (Phi) is 25.2. The molecule has 0 radical (unpaired) electrons. The predicted octanol–water partition coefficient (Wildman–Crippen LogP) is 15.4. The molecule has 2 aromatic rings. The molecule has 2 nitrogen and oxygen atoms in total. The molecule has 0 aliphatic rings. The van der Waals surface area contributed by atoms with Gasteiger partial charge in [0.15, 0.2) is 0 Å². The summed E-state index contributed by atoms with van der Waals surface area (Å²) in [5, 5.41) is 0. The van der Waals surface area contributed by atoms with Crippen LogP contribution >= 0.6 is 0 Å². The molecular formula is C48H76N2. The second-order valence-electron chi connectivity index (χ2n) is 14.7. The van der Waals surface area contributed by atoms with Gasteiger partial charge in [0.25, 0.3) is 0 Å². The first-order valence-electron chi connectivity index (χ1n) is 21.5. The molecule has 0 saturated heterocycles. The van der Waals surface area contributed by atoms with Gasteiger partial charge in [0.2, 0.25) is 0 Å². The molecule has 278 valence electrons. The monoisotopic (exact) mass is 681 g/mol. The van der Waals surface area contributed by atoms with Gasteiger partial charge in [0, 0.05) is 6.42 Å². The van der Waals surface area contributed by atoms with E-state index in [4.69, 9.17) is 9.98 Å². The molecule has 0 spiro atoms. The quantitative estimate of drug-likeness (QED) is 0.0485. The fourth-order valence-electron chi connectivity index (χ4n) is 6.99. The number of hydrogen-bond donors (Lipinski definition) is 0. The average Bonchev–Trinajstić information content (AvgIpc) is 3.11. The molecule has 50 heavy (non-hydrogen) atoms. The Balaban J connectivity index is 2.25. The minimum Gasteiger partial charge on any atom is -0.251 e. The molecule has 0 heterocycles. The Hall–Kier alpha value is -2.66. The SMILES string of the molecule is CCCCCCCCCCCCCCCC#CC(=Nc1ccc(CCC)c(CCC)c1)C(CCCCC)=Nc1ccc(CCC)c(CCC)c1. The summed E-state index contributed by atoms with van der Waals surface area (Å²) in [5.74, 6) is 7.16. The summed E-state index contributed by atoms with van der Waals surface area (Å²) in [6.07, 6.45) is 32.3. The van der Waals surface area contributed by atoms with E-state index in [-0.39, 0.29) is 0 Å². The van der Waals surface area contributed by atoms with Gasteiger partial charge in [-0.05, 0) is 97.4 Å². The Morgan fingerprint density at radius 2 is 0.860 bits per heavy atom. The number of aryl methyl sites for hydroxylation is 4. The van der Waals surface area contributed by atoms with E-state index in [0.717, 1.165) is 80.6 Å². The normalized spacial score (nSPS) is 12.0. The van der Waals surface area contributed by atoms with Crippen LogP contribution in [0.4, 0.5) is 11.4 Å². The molecular weight excluding hydrogens is 605 g/mol. The van der Waals surface area contributed by atoms with E-state index < -0.39 is 0 Å². The highest BCUT2D eigenvalue weighted by molar-refractivity contribution is 6.49. The first kappa shape index (κ1) is 43.5. The van der Waals surface area contributed by atoms with Crippen LogP contribution in [0.25, 0.3) is 0 Å². The number of aliphatic imine (C=N–C) groups is 2. The van der Waals surface area contributed by atoms with Gasteiger partial charge in [-0.15, -0.1) is 0 Å². The fourth-order valence-corrected chi connectivity index (χ4v) is 6.99. The highest BCUT2D eigenvalue weighted by Gasteiger charge is 2.11. The number of hydrogen-bond acceptors (Lipinski definition) is 2. The van der Waals surface area contributed by atoms with E-state index >= 15 is 0 Å². The lowest BCUT2D eigenvalue weighted by Crippen LogP contribution is -2.12. The van der Waals surface area contributed by atoms with Gasteiger partial charge in [-0.3, -0.25) is 4.99 Å². The van der Waals surface area contributed by atoms with Gasteiger partial charge in [0.1, 0.15) is 5.71 Å². The van der Waals surface area contributed by atoms with Crippen molar-refractivity contribution >= 4 is 22.8 Å². The van der Waals surface area contributed by atoms with Crippen molar-refractivity contribution in [2.75, 3.05) is 0 Å². The van der Waals surface area contributed by atoms with Crippen molar-refractivity contribution in [3.05, 3.63) is 58.7 Å². The van der Waals surface area contributed by atoms with Crippen LogP contribution < -0.4 is 0 Å². The Morgan fingerprint density at radius 1 is 0.440 bits per heavy atom. The third-order valence-electron chi connectivity index (χ3n) is 9.86. The number of unbranched alkanes of at least 4 members (excludes halogenated alkanes) is 15. The summed E-state index contributed by atoms with van der Waals surface area (Å²) >= 11 is 0. The summed E-state index contributed by atoms with van der Waals surface area (Å²) in [7, 11) is 0. The number of nitrogens with zero attached hydrogens (tertiary/aromatic N) is 2. The van der Waals surface area contributed by atoms with Crippen molar-refractivity contribution in [1.82, 2.24) is 0 Å². The van der Waals surface area contributed by atoms with Gasteiger partial charge in [-0.25, -0.2) is 4.99 Å². The summed E-state index contributed by atoms with van der Waals surface area (Å²) < 4.78 is 0. The lowest BCUT2D eigenvalue weighted by molar-refractivity contribution is 0.540. The molecule has 0 saturated carbocycles. The van der Waals surface area contributed by atoms with Crippen LogP contribution in [0.3, 0.4) is 0 Å². The first-order chi connectivity index (χ1) is 24.6. The maximum atomic E-state index is 5.35. The topological polar surface area (TPSA) is 24.7 Å². The molecule has 2 aromatic carbocycles. The summed E-state index contributed by atoms with van der Waals surface area (Å²) in [4.78, 5) is 10.6. The Bertz CT molecular complexity index is 1290. The molecule has 0 aliphatic carbocycles. The van der Waals surface area contributed by atoms with Crippen molar-refractivity contribution < 1.29 is 0 Å². The van der Waals surface area contributed by atoms with Crippen LogP contribution in [0.1, 0.15) is 205 Å². The predicted molar refractivity (Wildman–Crippen MR) is 225 cm³/mol. The largest absolute Gasteiger partial charge is 0.251 e. The zero-order chi connectivity index (χ0) is 36.1. The van der Waals surface area contributed by atoms with Crippen LogP contribution in [0.15, 0.2) is 46.4 Å². The zero-order valence-corrected chi connectivity index (χ0v) is 33.7. The van der Waals surface area contributed by atoms with Crippen LogP contribution in [0, 0.1) is 11.8 Å². The maximum absolute atomic E-state index is 5.35. The van der Waals surface area contributed by atoms with E-state index in [2.05, 4.69) is 89.8 Å². The minimum absolute atomic E-state index is 0.871. The van der Waals surface area contributed by atoms with Crippen LogP contribution in [-0.2, 0) is 25.7 Å². The first-order valence-corrected chi connectivity index (χ1v) is 21.5. The van der Waals surface area contributed by atoms with Gasteiger partial charge in [-0.2, -0.15) is 0 Å². The third-order valence-corrected chi connectivity index (χ3v) is 9.86. The molecule has 0 atom stereocenters. The van der Waals surface area contributed by atoms with Gasteiger partial charge in [0.05, 0.1) is 17.1 Å². The molecule has 0 fully saturated rings. The van der Waals surface area contributed by atoms with E-state index in [0.29, 0.717) is 0 Å². The lowest BCUT2D eigenvalue weighted by atomic mass is 9.98. The maximum Gasteiger partial charge on any atom is 0.135 e. The van der Waals surface area contributed by atoms with Crippen molar-refractivity contribution in [1.29, 1.82) is 0 Å². The third kappa shape index (κ3) is 18.5. The molecule has 2 heteroatoms. The minimum atomic E-state index is 0.871. The van der Waals surface area contributed by atoms with Gasteiger partial charge >= 0.3 is 0 Å². The van der Waals surface area contributed by atoms with E-state index in [1.165, 1.54) is 131 Å². The smallest absolute Gasteiger partial charge is 0.135 e. The van der Waals surface area contributed by atoms with E-state index in [1.807, 2.05) is 0 Å². The second-order valence-corrected chi connectivity index (χ2v) is 14.7. The zero-order valence-electron chi connectivity index (χ0n) is 33.7. The number of benzene rings is 2. The molecule has 0 aliphatic heterocycles. The van der Waals surface area contributed by atoms with Crippen molar-refractivity contribution in [2.24, 2.45) is 9.98 Å². The van der Waals surface area contributed by atoms with Crippen molar-refractivity contribution in [3.8, 4) is 11.8 Å². The molecule has 0 bridgehead atoms. The van der Waals surface area contributed by atoms with E-state index in [9.17, 15) is 0 Å². The molecule has 2 rings (SSSR count). The summed E-state index contributed by atoms with van der Waals surface area (Å²) in [6, 6.07) is 13.7. The average molecular weight is 681 g/mol.